The number of anilines is 1. The summed E-state index contributed by atoms with van der Waals surface area (Å²) in [7, 11) is 0. The molecule has 0 spiro atoms. The molecule has 2 fully saturated rings. The van der Waals surface area contributed by atoms with Crippen LogP contribution in [0.15, 0.2) is 77.7 Å². The Kier molecular flexibility index (Phi) is 8.77. The van der Waals surface area contributed by atoms with Crippen molar-refractivity contribution in [3.63, 3.8) is 0 Å². The minimum Gasteiger partial charge on any atom is -0.490 e. The first-order valence-electron chi connectivity index (χ1n) is 13.7. The number of carbonyl (C=O) groups is 1. The van der Waals surface area contributed by atoms with Crippen LogP contribution in [0.1, 0.15) is 50.7 Å². The van der Waals surface area contributed by atoms with Crippen LogP contribution in [0.5, 0.6) is 11.5 Å². The quantitative estimate of drug-likeness (QED) is 0.279. The van der Waals surface area contributed by atoms with Gasteiger partial charge in [0.2, 0.25) is 0 Å². The second kappa shape index (κ2) is 12.6. The molecule has 1 unspecified atom stereocenters. The van der Waals surface area contributed by atoms with Crippen molar-refractivity contribution in [2.75, 3.05) is 11.9 Å². The van der Waals surface area contributed by atoms with Gasteiger partial charge in [-0.3, -0.25) is 4.79 Å². The maximum Gasteiger partial charge on any atom is 0.262 e. The number of hydrogen-bond donors (Lipinski definition) is 1. The van der Waals surface area contributed by atoms with Crippen LogP contribution in [0, 0.1) is 11.7 Å². The molecule has 3 atom stereocenters. The molecule has 5 nitrogen and oxygen atoms in total. The molecule has 5 rings (SSSR count). The summed E-state index contributed by atoms with van der Waals surface area (Å²) in [6.45, 7) is 4.88. The third-order valence-electron chi connectivity index (χ3n) is 7.27. The number of nitrogens with one attached hydrogen (secondary N) is 1. The first-order chi connectivity index (χ1) is 19.0. The highest BCUT2D eigenvalue weighted by Crippen LogP contribution is 2.42. The van der Waals surface area contributed by atoms with E-state index < -0.39 is 0 Å². The van der Waals surface area contributed by atoms with Crippen molar-refractivity contribution >= 4 is 29.4 Å². The van der Waals surface area contributed by atoms with Gasteiger partial charge in [-0.1, -0.05) is 67.9 Å². The molecular weight excluding hydrogens is 511 g/mol. The molecule has 0 aromatic heterocycles. The molecule has 0 radical (unpaired) electrons. The van der Waals surface area contributed by atoms with E-state index >= 15 is 0 Å². The lowest BCUT2D eigenvalue weighted by Crippen LogP contribution is -2.48. The van der Waals surface area contributed by atoms with Gasteiger partial charge in [0, 0.05) is 11.7 Å². The molecule has 3 aromatic rings. The fourth-order valence-electron chi connectivity index (χ4n) is 5.31. The fourth-order valence-corrected chi connectivity index (χ4v) is 6.52. The van der Waals surface area contributed by atoms with Crippen LogP contribution in [-0.2, 0) is 11.4 Å². The van der Waals surface area contributed by atoms with Crippen LogP contribution in [0.3, 0.4) is 0 Å². The van der Waals surface area contributed by atoms with Crippen LogP contribution < -0.4 is 14.8 Å². The molecular formula is C32H35FN2O3S. The van der Waals surface area contributed by atoms with E-state index in [2.05, 4.69) is 17.1 Å². The predicted octanol–water partition coefficient (Wildman–Crippen LogP) is 7.69. The Bertz CT molecular complexity index is 1320. The lowest BCUT2D eigenvalue weighted by atomic mass is 9.85. The lowest BCUT2D eigenvalue weighted by molar-refractivity contribution is -0.129. The normalized spacial score (nSPS) is 22.2. The van der Waals surface area contributed by atoms with E-state index in [9.17, 15) is 9.18 Å². The van der Waals surface area contributed by atoms with E-state index in [0.717, 1.165) is 36.1 Å². The summed E-state index contributed by atoms with van der Waals surface area (Å²) < 4.78 is 25.4. The SMILES string of the molecule is CCOc1cc(/C=C2\SC(Nc3ccccc3)N([C@@H]3CCCC[C@@H]3C)C2=O)ccc1OCc1cccc(F)c1. The summed E-state index contributed by atoms with van der Waals surface area (Å²) >= 11 is 1.56. The number of benzene rings is 3. The molecule has 0 bridgehead atoms. The van der Waals surface area contributed by atoms with Gasteiger partial charge in [-0.2, -0.15) is 0 Å². The van der Waals surface area contributed by atoms with E-state index in [-0.39, 0.29) is 29.9 Å². The molecule has 204 valence electrons. The second-order valence-electron chi connectivity index (χ2n) is 10.1. The zero-order chi connectivity index (χ0) is 27.2. The molecule has 2 aliphatic rings. The Morgan fingerprint density at radius 3 is 2.59 bits per heavy atom. The van der Waals surface area contributed by atoms with E-state index in [4.69, 9.17) is 9.47 Å². The Labute approximate surface area is 234 Å². The van der Waals surface area contributed by atoms with Crippen LogP contribution in [0.4, 0.5) is 10.1 Å². The Hall–Kier alpha value is -3.45. The Balaban J connectivity index is 1.39. The van der Waals surface area contributed by atoms with Gasteiger partial charge in [-0.25, -0.2) is 4.39 Å². The molecule has 7 heteroatoms. The van der Waals surface area contributed by atoms with Gasteiger partial charge < -0.3 is 19.7 Å². The van der Waals surface area contributed by atoms with Crippen molar-refractivity contribution in [1.82, 2.24) is 4.90 Å². The molecule has 1 aliphatic heterocycles. The average Bonchev–Trinajstić information content (AvgIpc) is 3.23. The summed E-state index contributed by atoms with van der Waals surface area (Å²) in [4.78, 5) is 16.6. The van der Waals surface area contributed by atoms with E-state index in [0.29, 0.717) is 28.9 Å². The highest BCUT2D eigenvalue weighted by molar-refractivity contribution is 8.05. The molecule has 1 saturated carbocycles. The monoisotopic (exact) mass is 546 g/mol. The van der Waals surface area contributed by atoms with Gasteiger partial charge in [0.05, 0.1) is 11.5 Å². The number of hydrogen-bond acceptors (Lipinski definition) is 5. The smallest absolute Gasteiger partial charge is 0.262 e. The minimum absolute atomic E-state index is 0.0663. The summed E-state index contributed by atoms with van der Waals surface area (Å²) in [6, 6.07) is 22.3. The van der Waals surface area contributed by atoms with Crippen LogP contribution in [0.2, 0.25) is 0 Å². The Morgan fingerprint density at radius 2 is 1.82 bits per heavy atom. The largest absolute Gasteiger partial charge is 0.490 e. The first kappa shape index (κ1) is 27.1. The maximum absolute atomic E-state index is 13.8. The van der Waals surface area contributed by atoms with Gasteiger partial charge >= 0.3 is 0 Å². The van der Waals surface area contributed by atoms with Gasteiger partial charge in [0.15, 0.2) is 17.0 Å². The maximum atomic E-state index is 13.8. The predicted molar refractivity (Wildman–Crippen MR) is 156 cm³/mol. The van der Waals surface area contributed by atoms with Crippen molar-refractivity contribution in [3.8, 4) is 11.5 Å². The van der Waals surface area contributed by atoms with E-state index in [1.165, 1.54) is 18.6 Å². The number of thioether (sulfide) groups is 1. The highest BCUT2D eigenvalue weighted by atomic mass is 32.2. The highest BCUT2D eigenvalue weighted by Gasteiger charge is 2.42. The summed E-state index contributed by atoms with van der Waals surface area (Å²) in [5.74, 6) is 1.40. The minimum atomic E-state index is -0.293. The molecule has 1 amide bonds. The van der Waals surface area contributed by atoms with Crippen molar-refractivity contribution < 1.29 is 18.7 Å². The third kappa shape index (κ3) is 6.59. The van der Waals surface area contributed by atoms with E-state index in [1.54, 1.807) is 17.8 Å². The van der Waals surface area contributed by atoms with Crippen LogP contribution >= 0.6 is 11.8 Å². The third-order valence-corrected chi connectivity index (χ3v) is 8.39. The van der Waals surface area contributed by atoms with Crippen LogP contribution in [0.25, 0.3) is 6.08 Å². The number of rotatable bonds is 9. The number of para-hydroxylation sites is 1. The standard InChI is InChI=1S/C32H35FN2O3S/c1-3-37-29-19-23(16-17-28(29)38-21-24-11-9-12-25(33)18-24)20-30-31(36)35(27-15-8-7-10-22(27)2)32(39-30)34-26-13-5-4-6-14-26/h4-6,9,11-14,16-20,22,27,32,34H,3,7-8,10,15,21H2,1-2H3/b30-20-/t22-,27+,32?/m0/s1. The fraction of sp³-hybridized carbons (Fsp3) is 0.344. The Morgan fingerprint density at radius 1 is 1.00 bits per heavy atom. The van der Waals surface area contributed by atoms with Crippen LogP contribution in [-0.4, -0.2) is 29.0 Å². The number of carbonyl (C=O) groups excluding carboxylic acids is 1. The topological polar surface area (TPSA) is 50.8 Å². The van der Waals surface area contributed by atoms with Crippen molar-refractivity contribution in [2.24, 2.45) is 5.92 Å². The lowest BCUT2D eigenvalue weighted by Gasteiger charge is -2.39. The molecule has 1 aliphatic carbocycles. The number of halogens is 1. The van der Waals surface area contributed by atoms with Crippen molar-refractivity contribution in [2.45, 2.75) is 57.7 Å². The first-order valence-corrected chi connectivity index (χ1v) is 14.6. The summed E-state index contributed by atoms with van der Waals surface area (Å²) in [5.41, 5.74) is 2.43. The van der Waals surface area contributed by atoms with E-state index in [1.807, 2.05) is 67.6 Å². The zero-order valence-electron chi connectivity index (χ0n) is 22.4. The van der Waals surface area contributed by atoms with Crippen molar-refractivity contribution in [1.29, 1.82) is 0 Å². The number of nitrogens with zero attached hydrogens (tertiary/aromatic N) is 1. The van der Waals surface area contributed by atoms with Gasteiger partial charge in [-0.15, -0.1) is 0 Å². The van der Waals surface area contributed by atoms with Gasteiger partial charge in [0.25, 0.3) is 5.91 Å². The molecule has 1 heterocycles. The second-order valence-corrected chi connectivity index (χ2v) is 11.2. The molecule has 1 N–H and O–H groups in total. The average molecular weight is 547 g/mol. The molecule has 1 saturated heterocycles. The summed E-state index contributed by atoms with van der Waals surface area (Å²) in [5, 5.41) is 3.59. The van der Waals surface area contributed by atoms with Gasteiger partial charge in [0.1, 0.15) is 12.4 Å². The zero-order valence-corrected chi connectivity index (χ0v) is 23.3. The van der Waals surface area contributed by atoms with Gasteiger partial charge in [-0.05, 0) is 79.3 Å². The number of ether oxygens (including phenoxy) is 2. The van der Waals surface area contributed by atoms with Crippen molar-refractivity contribution in [3.05, 3.63) is 94.6 Å². The summed E-state index contributed by atoms with van der Waals surface area (Å²) in [6.07, 6.45) is 6.49. The molecule has 3 aromatic carbocycles. The number of amides is 1. The molecule has 39 heavy (non-hydrogen) atoms.